The minimum atomic E-state index is -0.398. The summed E-state index contributed by atoms with van der Waals surface area (Å²) in [6.07, 6.45) is 0.803. The number of non-ortho nitro benzene ring substituents is 1. The van der Waals surface area contributed by atoms with E-state index in [0.29, 0.717) is 0 Å². The van der Waals surface area contributed by atoms with Crippen molar-refractivity contribution in [3.63, 3.8) is 0 Å². The van der Waals surface area contributed by atoms with Gasteiger partial charge in [0.1, 0.15) is 0 Å². The average Bonchev–Trinajstić information content (AvgIpc) is 2.36. The highest BCUT2D eigenvalue weighted by molar-refractivity contribution is 5.32. The van der Waals surface area contributed by atoms with Gasteiger partial charge >= 0.3 is 0 Å². The molecule has 0 aliphatic heterocycles. The van der Waals surface area contributed by atoms with Gasteiger partial charge in [0.2, 0.25) is 0 Å². The van der Waals surface area contributed by atoms with Gasteiger partial charge in [0.25, 0.3) is 5.69 Å². The Labute approximate surface area is 107 Å². The van der Waals surface area contributed by atoms with E-state index in [2.05, 4.69) is 4.90 Å². The van der Waals surface area contributed by atoms with E-state index in [1.54, 1.807) is 12.1 Å². The summed E-state index contributed by atoms with van der Waals surface area (Å²) in [4.78, 5) is 12.2. The maximum Gasteiger partial charge on any atom is 0.269 e. The van der Waals surface area contributed by atoms with Gasteiger partial charge in [-0.2, -0.15) is 0 Å². The Morgan fingerprint density at radius 2 is 1.89 bits per heavy atom. The van der Waals surface area contributed by atoms with Crippen LogP contribution in [-0.4, -0.2) is 40.7 Å². The molecule has 0 bridgehead atoms. The minimum Gasteiger partial charge on any atom is -0.394 e. The number of nitrogens with zero attached hydrogens (tertiary/aromatic N) is 2. The fourth-order valence-corrected chi connectivity index (χ4v) is 1.50. The van der Waals surface area contributed by atoms with Gasteiger partial charge in [-0.05, 0) is 32.9 Å². The molecule has 1 N–H and O–H groups in total. The first-order valence-corrected chi connectivity index (χ1v) is 5.92. The molecule has 0 amide bonds. The van der Waals surface area contributed by atoms with Crippen molar-refractivity contribution < 1.29 is 10.0 Å². The molecule has 0 aromatic heterocycles. The number of benzene rings is 1. The molecule has 1 aromatic rings. The lowest BCUT2D eigenvalue weighted by atomic mass is 10.0. The van der Waals surface area contributed by atoms with Crippen LogP contribution in [-0.2, 0) is 6.42 Å². The van der Waals surface area contributed by atoms with E-state index < -0.39 is 4.92 Å². The zero-order valence-corrected chi connectivity index (χ0v) is 11.1. The van der Waals surface area contributed by atoms with Gasteiger partial charge in [0.15, 0.2) is 0 Å². The first kappa shape index (κ1) is 14.6. The minimum absolute atomic E-state index is 0.101. The van der Waals surface area contributed by atoms with Crippen molar-refractivity contribution in [2.45, 2.75) is 25.8 Å². The fraction of sp³-hybridized carbons (Fsp3) is 0.538. The van der Waals surface area contributed by atoms with Gasteiger partial charge < -0.3 is 5.11 Å². The van der Waals surface area contributed by atoms with Crippen molar-refractivity contribution in [1.82, 2.24) is 4.90 Å². The Kier molecular flexibility index (Phi) is 4.81. The molecule has 0 fully saturated rings. The highest BCUT2D eigenvalue weighted by atomic mass is 16.6. The SMILES string of the molecule is CN(CCc1ccc([N+](=O)[O-])cc1)C(C)(C)CO. The van der Waals surface area contributed by atoms with E-state index in [1.165, 1.54) is 12.1 Å². The third-order valence-electron chi connectivity index (χ3n) is 3.30. The molecule has 0 aliphatic carbocycles. The van der Waals surface area contributed by atoms with E-state index >= 15 is 0 Å². The Bertz CT molecular complexity index is 401. The van der Waals surface area contributed by atoms with Crippen LogP contribution in [0.4, 0.5) is 5.69 Å². The standard InChI is InChI=1S/C13H20N2O3/c1-13(2,10-16)14(3)9-8-11-4-6-12(7-5-11)15(17)18/h4-7,16H,8-10H2,1-3H3. The zero-order chi connectivity index (χ0) is 13.8. The monoisotopic (exact) mass is 252 g/mol. The Hall–Kier alpha value is -1.46. The lowest BCUT2D eigenvalue weighted by Crippen LogP contribution is -2.45. The van der Waals surface area contributed by atoms with E-state index in [4.69, 9.17) is 0 Å². The molecule has 100 valence electrons. The smallest absolute Gasteiger partial charge is 0.269 e. The number of likely N-dealkylation sites (N-methyl/N-ethyl adjacent to an activating group) is 1. The fourth-order valence-electron chi connectivity index (χ4n) is 1.50. The molecule has 0 saturated carbocycles. The largest absolute Gasteiger partial charge is 0.394 e. The summed E-state index contributed by atoms with van der Waals surface area (Å²) in [6.45, 7) is 4.85. The predicted molar refractivity (Wildman–Crippen MR) is 70.6 cm³/mol. The lowest BCUT2D eigenvalue weighted by molar-refractivity contribution is -0.384. The first-order valence-electron chi connectivity index (χ1n) is 5.92. The number of rotatable bonds is 6. The average molecular weight is 252 g/mol. The van der Waals surface area contributed by atoms with Gasteiger partial charge in [-0.15, -0.1) is 0 Å². The number of aliphatic hydroxyl groups is 1. The van der Waals surface area contributed by atoms with Crippen molar-refractivity contribution in [1.29, 1.82) is 0 Å². The highest BCUT2D eigenvalue weighted by Crippen LogP contribution is 2.15. The summed E-state index contributed by atoms with van der Waals surface area (Å²) < 4.78 is 0. The molecule has 0 aliphatic rings. The molecular formula is C13H20N2O3. The quantitative estimate of drug-likeness (QED) is 0.619. The zero-order valence-electron chi connectivity index (χ0n) is 11.1. The van der Waals surface area contributed by atoms with Gasteiger partial charge in [-0.25, -0.2) is 0 Å². The van der Waals surface area contributed by atoms with Crippen LogP contribution in [0.5, 0.6) is 0 Å². The van der Waals surface area contributed by atoms with Gasteiger partial charge in [0, 0.05) is 24.2 Å². The Morgan fingerprint density at radius 3 is 2.33 bits per heavy atom. The molecule has 1 aromatic carbocycles. The first-order chi connectivity index (χ1) is 8.36. The number of aliphatic hydroxyl groups excluding tert-OH is 1. The van der Waals surface area contributed by atoms with Crippen LogP contribution in [0.15, 0.2) is 24.3 Å². The molecule has 0 unspecified atom stereocenters. The van der Waals surface area contributed by atoms with Crippen LogP contribution in [0.2, 0.25) is 0 Å². The molecule has 0 heterocycles. The summed E-state index contributed by atoms with van der Waals surface area (Å²) in [6, 6.07) is 6.59. The third kappa shape index (κ3) is 3.78. The summed E-state index contributed by atoms with van der Waals surface area (Å²) in [5.74, 6) is 0. The second-order valence-corrected chi connectivity index (χ2v) is 5.07. The van der Waals surface area contributed by atoms with E-state index in [0.717, 1.165) is 18.5 Å². The Morgan fingerprint density at radius 1 is 1.33 bits per heavy atom. The normalized spacial score (nSPS) is 11.8. The maximum absolute atomic E-state index is 10.5. The van der Waals surface area contributed by atoms with E-state index in [-0.39, 0.29) is 17.8 Å². The molecule has 5 heteroatoms. The van der Waals surface area contributed by atoms with Crippen molar-refractivity contribution in [2.75, 3.05) is 20.2 Å². The number of nitro benzene ring substituents is 1. The van der Waals surface area contributed by atoms with Gasteiger partial charge in [0.05, 0.1) is 11.5 Å². The van der Waals surface area contributed by atoms with Gasteiger partial charge in [-0.3, -0.25) is 15.0 Å². The summed E-state index contributed by atoms with van der Waals surface area (Å²) in [5.41, 5.74) is 0.921. The van der Waals surface area contributed by atoms with E-state index in [9.17, 15) is 15.2 Å². The van der Waals surface area contributed by atoms with Crippen molar-refractivity contribution in [3.8, 4) is 0 Å². The molecule has 5 nitrogen and oxygen atoms in total. The second kappa shape index (κ2) is 5.93. The summed E-state index contributed by atoms with van der Waals surface area (Å²) in [7, 11) is 1.96. The van der Waals surface area contributed by atoms with Crippen LogP contribution in [0.3, 0.4) is 0 Å². The summed E-state index contributed by atoms with van der Waals surface area (Å²) >= 11 is 0. The van der Waals surface area contributed by atoms with Crippen molar-refractivity contribution >= 4 is 5.69 Å². The predicted octanol–water partition coefficient (Wildman–Crippen LogP) is 1.84. The van der Waals surface area contributed by atoms with Crippen LogP contribution >= 0.6 is 0 Å². The molecule has 0 radical (unpaired) electrons. The molecule has 1 rings (SSSR count). The lowest BCUT2D eigenvalue weighted by Gasteiger charge is -2.33. The highest BCUT2D eigenvalue weighted by Gasteiger charge is 2.21. The maximum atomic E-state index is 10.5. The van der Waals surface area contributed by atoms with Gasteiger partial charge in [-0.1, -0.05) is 12.1 Å². The molecule has 0 atom stereocenters. The Balaban J connectivity index is 2.56. The van der Waals surface area contributed by atoms with E-state index in [1.807, 2.05) is 20.9 Å². The van der Waals surface area contributed by atoms with Crippen LogP contribution in [0.25, 0.3) is 0 Å². The number of hydrogen-bond acceptors (Lipinski definition) is 4. The molecule has 18 heavy (non-hydrogen) atoms. The van der Waals surface area contributed by atoms with Crippen molar-refractivity contribution in [3.05, 3.63) is 39.9 Å². The topological polar surface area (TPSA) is 66.6 Å². The third-order valence-corrected chi connectivity index (χ3v) is 3.30. The number of hydrogen-bond donors (Lipinski definition) is 1. The second-order valence-electron chi connectivity index (χ2n) is 5.07. The molecule has 0 saturated heterocycles. The van der Waals surface area contributed by atoms with Crippen LogP contribution in [0, 0.1) is 10.1 Å². The van der Waals surface area contributed by atoms with Crippen molar-refractivity contribution in [2.24, 2.45) is 0 Å². The van der Waals surface area contributed by atoms with Crippen LogP contribution in [0.1, 0.15) is 19.4 Å². The number of nitro groups is 1. The molecular weight excluding hydrogens is 232 g/mol. The van der Waals surface area contributed by atoms with Crippen LogP contribution < -0.4 is 0 Å². The summed E-state index contributed by atoms with van der Waals surface area (Å²) in [5, 5.41) is 19.8. The molecule has 0 spiro atoms.